The molecule has 0 spiro atoms. The number of amides is 1. The highest BCUT2D eigenvalue weighted by molar-refractivity contribution is 6.32. The Bertz CT molecular complexity index is 603. The van der Waals surface area contributed by atoms with Crippen molar-refractivity contribution in [3.05, 3.63) is 59.4 Å². The molecule has 1 aromatic carbocycles. The first kappa shape index (κ1) is 15.5. The predicted molar refractivity (Wildman–Crippen MR) is 84.1 cm³/mol. The van der Waals surface area contributed by atoms with E-state index in [0.29, 0.717) is 10.8 Å². The second kappa shape index (κ2) is 7.20. The minimum absolute atomic E-state index is 0.0901. The maximum atomic E-state index is 12.2. The summed E-state index contributed by atoms with van der Waals surface area (Å²) in [7, 11) is 0. The van der Waals surface area contributed by atoms with E-state index in [4.69, 9.17) is 11.6 Å². The van der Waals surface area contributed by atoms with Crippen LogP contribution in [0.3, 0.4) is 0 Å². The molecule has 1 amide bonds. The Morgan fingerprint density at radius 3 is 2.57 bits per heavy atom. The fourth-order valence-electron chi connectivity index (χ4n) is 2.11. The van der Waals surface area contributed by atoms with Crippen molar-refractivity contribution in [1.82, 2.24) is 4.98 Å². The summed E-state index contributed by atoms with van der Waals surface area (Å²) in [6.07, 6.45) is 1.59. The summed E-state index contributed by atoms with van der Waals surface area (Å²) in [6, 6.07) is 13.6. The van der Waals surface area contributed by atoms with E-state index in [9.17, 15) is 4.79 Å². The molecule has 2 rings (SSSR count). The number of carbonyl (C=O) groups is 1. The van der Waals surface area contributed by atoms with Gasteiger partial charge >= 0.3 is 0 Å². The van der Waals surface area contributed by atoms with Gasteiger partial charge in [0.25, 0.3) is 5.91 Å². The third kappa shape index (κ3) is 4.28. The van der Waals surface area contributed by atoms with Gasteiger partial charge in [0.2, 0.25) is 0 Å². The maximum Gasteiger partial charge on any atom is 0.282 e. The van der Waals surface area contributed by atoms with Crippen LogP contribution in [0.5, 0.6) is 0 Å². The molecule has 21 heavy (non-hydrogen) atoms. The topological polar surface area (TPSA) is 58.6 Å². The molecule has 0 unspecified atom stereocenters. The van der Waals surface area contributed by atoms with Crippen LogP contribution >= 0.6 is 11.6 Å². The number of nitrogens with two attached hydrogens (primary N) is 1. The number of halogens is 1. The molecule has 0 aliphatic rings. The molecular formula is C16H19ClN3O+. The number of nitrogens with zero attached hydrogens (tertiary/aromatic N) is 1. The lowest BCUT2D eigenvalue weighted by molar-refractivity contribution is -0.709. The molecule has 1 aromatic heterocycles. The average Bonchev–Trinajstić information content (AvgIpc) is 2.50. The van der Waals surface area contributed by atoms with Crippen LogP contribution in [0.25, 0.3) is 0 Å². The molecule has 0 saturated carbocycles. The van der Waals surface area contributed by atoms with Crippen LogP contribution in [0.1, 0.15) is 25.5 Å². The van der Waals surface area contributed by atoms with Crippen LogP contribution in [0.2, 0.25) is 5.15 Å². The Balaban J connectivity index is 1.95. The number of aromatic nitrogens is 1. The summed E-state index contributed by atoms with van der Waals surface area (Å²) in [5.41, 5.74) is 1.73. The molecule has 3 N–H and O–H groups in total. The first-order chi connectivity index (χ1) is 10.1. The summed E-state index contributed by atoms with van der Waals surface area (Å²) in [5, 5.41) is 5.13. The summed E-state index contributed by atoms with van der Waals surface area (Å²) in [6.45, 7) is 3.95. The largest absolute Gasteiger partial charge is 0.330 e. The minimum Gasteiger partial charge on any atom is -0.330 e. The number of nitrogens with one attached hydrogen (secondary N) is 1. The summed E-state index contributed by atoms with van der Waals surface area (Å²) >= 11 is 5.94. The molecule has 2 atom stereocenters. The van der Waals surface area contributed by atoms with Crippen molar-refractivity contribution in [1.29, 1.82) is 0 Å². The zero-order valence-electron chi connectivity index (χ0n) is 12.1. The molecule has 1 heterocycles. The van der Waals surface area contributed by atoms with Gasteiger partial charge in [0.05, 0.1) is 5.69 Å². The molecule has 0 radical (unpaired) electrons. The van der Waals surface area contributed by atoms with E-state index in [2.05, 4.69) is 29.4 Å². The van der Waals surface area contributed by atoms with Crippen molar-refractivity contribution in [2.75, 3.05) is 5.32 Å². The van der Waals surface area contributed by atoms with Crippen molar-refractivity contribution in [3.63, 3.8) is 0 Å². The standard InChI is InChI=1S/C16H18ClN3O/c1-11(13-7-4-3-5-8-13)19-12(2)16(21)20-14-9-6-10-18-15(14)17/h3-12,19H,1-2H3,(H,20,21)/p+1/t11-,12-/m0/s1. The van der Waals surface area contributed by atoms with Crippen LogP contribution in [-0.2, 0) is 4.79 Å². The maximum absolute atomic E-state index is 12.2. The molecule has 0 bridgehead atoms. The SMILES string of the molecule is C[C@H]([NH2+][C@@H](C)c1ccccc1)C(=O)Nc1cccnc1Cl. The number of quaternary nitrogens is 1. The van der Waals surface area contributed by atoms with Gasteiger partial charge in [-0.2, -0.15) is 0 Å². The van der Waals surface area contributed by atoms with Crippen LogP contribution < -0.4 is 10.6 Å². The normalized spacial score (nSPS) is 13.5. The van der Waals surface area contributed by atoms with Crippen molar-refractivity contribution in [3.8, 4) is 0 Å². The fraction of sp³-hybridized carbons (Fsp3) is 0.250. The monoisotopic (exact) mass is 304 g/mol. The zero-order valence-corrected chi connectivity index (χ0v) is 12.8. The lowest BCUT2D eigenvalue weighted by Gasteiger charge is -2.17. The van der Waals surface area contributed by atoms with Crippen molar-refractivity contribution < 1.29 is 10.1 Å². The van der Waals surface area contributed by atoms with Gasteiger partial charge in [-0.15, -0.1) is 0 Å². The highest BCUT2D eigenvalue weighted by atomic mass is 35.5. The Kier molecular flexibility index (Phi) is 5.31. The molecular weight excluding hydrogens is 286 g/mol. The average molecular weight is 305 g/mol. The van der Waals surface area contributed by atoms with E-state index < -0.39 is 0 Å². The Morgan fingerprint density at radius 2 is 1.90 bits per heavy atom. The van der Waals surface area contributed by atoms with Gasteiger partial charge < -0.3 is 10.6 Å². The van der Waals surface area contributed by atoms with Gasteiger partial charge in [-0.3, -0.25) is 4.79 Å². The second-order valence-electron chi connectivity index (χ2n) is 5.01. The molecule has 2 aromatic rings. The molecule has 4 nitrogen and oxygen atoms in total. The number of carbonyl (C=O) groups excluding carboxylic acids is 1. The Labute approximate surface area is 129 Å². The van der Waals surface area contributed by atoms with E-state index >= 15 is 0 Å². The van der Waals surface area contributed by atoms with Crippen molar-refractivity contribution in [2.45, 2.75) is 25.9 Å². The first-order valence-electron chi connectivity index (χ1n) is 6.89. The second-order valence-corrected chi connectivity index (χ2v) is 5.37. The quantitative estimate of drug-likeness (QED) is 0.833. The number of pyridine rings is 1. The number of rotatable bonds is 5. The molecule has 0 saturated heterocycles. The van der Waals surface area contributed by atoms with Gasteiger partial charge in [-0.25, -0.2) is 4.98 Å². The van der Waals surface area contributed by atoms with E-state index in [-0.39, 0.29) is 18.0 Å². The van der Waals surface area contributed by atoms with Gasteiger partial charge in [-0.05, 0) is 26.0 Å². The van der Waals surface area contributed by atoms with E-state index in [1.807, 2.05) is 30.4 Å². The van der Waals surface area contributed by atoms with Crippen molar-refractivity contribution >= 4 is 23.2 Å². The van der Waals surface area contributed by atoms with Crippen LogP contribution in [0.15, 0.2) is 48.7 Å². The predicted octanol–water partition coefficient (Wildman–Crippen LogP) is 2.39. The summed E-state index contributed by atoms with van der Waals surface area (Å²) in [4.78, 5) is 16.1. The number of hydrogen-bond acceptors (Lipinski definition) is 2. The van der Waals surface area contributed by atoms with E-state index in [1.54, 1.807) is 18.3 Å². The first-order valence-corrected chi connectivity index (χ1v) is 7.27. The summed E-state index contributed by atoms with van der Waals surface area (Å²) in [5.74, 6) is -0.0901. The van der Waals surface area contributed by atoms with Gasteiger partial charge in [0.15, 0.2) is 11.2 Å². The van der Waals surface area contributed by atoms with Gasteiger partial charge in [-0.1, -0.05) is 41.9 Å². The number of anilines is 1. The smallest absolute Gasteiger partial charge is 0.282 e. The van der Waals surface area contributed by atoms with E-state index in [1.165, 1.54) is 5.56 Å². The zero-order chi connectivity index (χ0) is 15.2. The van der Waals surface area contributed by atoms with Gasteiger partial charge in [0, 0.05) is 11.8 Å². The van der Waals surface area contributed by atoms with Crippen LogP contribution in [0.4, 0.5) is 5.69 Å². The van der Waals surface area contributed by atoms with Gasteiger partial charge in [0.1, 0.15) is 6.04 Å². The number of hydrogen-bond donors (Lipinski definition) is 2. The highest BCUT2D eigenvalue weighted by Crippen LogP contribution is 2.17. The van der Waals surface area contributed by atoms with Crippen LogP contribution in [-0.4, -0.2) is 16.9 Å². The molecule has 110 valence electrons. The highest BCUT2D eigenvalue weighted by Gasteiger charge is 2.20. The number of benzene rings is 1. The fourth-order valence-corrected chi connectivity index (χ4v) is 2.28. The molecule has 0 fully saturated rings. The molecule has 0 aliphatic heterocycles. The molecule has 5 heteroatoms. The van der Waals surface area contributed by atoms with Crippen molar-refractivity contribution in [2.24, 2.45) is 0 Å². The third-order valence-electron chi connectivity index (χ3n) is 3.33. The Hall–Kier alpha value is -1.91. The van der Waals surface area contributed by atoms with E-state index in [0.717, 1.165) is 0 Å². The minimum atomic E-state index is -0.225. The molecule has 0 aliphatic carbocycles. The lowest BCUT2D eigenvalue weighted by atomic mass is 10.1. The third-order valence-corrected chi connectivity index (χ3v) is 3.63. The lowest BCUT2D eigenvalue weighted by Crippen LogP contribution is -2.91. The summed E-state index contributed by atoms with van der Waals surface area (Å²) < 4.78 is 0. The Morgan fingerprint density at radius 1 is 1.19 bits per heavy atom. The van der Waals surface area contributed by atoms with Crippen LogP contribution in [0, 0.1) is 0 Å².